The van der Waals surface area contributed by atoms with Gasteiger partial charge in [0.05, 0.1) is 5.69 Å². The zero-order valence-corrected chi connectivity index (χ0v) is 14.4. The standard InChI is InChI=1S/C20H17N3S/c1-14-3-7-16(8-4-14)19-13-24-20(23-19)17(11-21)12-22-18-9-5-15(2)6-10-18/h3-10,12-13,22H,1-2H3/b17-12-. The van der Waals surface area contributed by atoms with E-state index in [1.807, 2.05) is 36.6 Å². The average Bonchev–Trinajstić information content (AvgIpc) is 3.08. The lowest BCUT2D eigenvalue weighted by molar-refractivity contribution is 1.35. The number of nitrogens with zero attached hydrogens (tertiary/aromatic N) is 2. The van der Waals surface area contributed by atoms with Crippen molar-refractivity contribution in [3.63, 3.8) is 0 Å². The highest BCUT2D eigenvalue weighted by molar-refractivity contribution is 7.11. The van der Waals surface area contributed by atoms with Crippen LogP contribution in [0.25, 0.3) is 16.8 Å². The number of nitriles is 1. The summed E-state index contributed by atoms with van der Waals surface area (Å²) in [4.78, 5) is 4.60. The minimum absolute atomic E-state index is 0.527. The number of rotatable bonds is 4. The van der Waals surface area contributed by atoms with Gasteiger partial charge in [0, 0.05) is 22.8 Å². The molecule has 0 saturated heterocycles. The van der Waals surface area contributed by atoms with Crippen molar-refractivity contribution in [3.05, 3.63) is 76.2 Å². The third kappa shape index (κ3) is 3.70. The Morgan fingerprint density at radius 1 is 1.04 bits per heavy atom. The van der Waals surface area contributed by atoms with Gasteiger partial charge in [0.2, 0.25) is 0 Å². The quantitative estimate of drug-likeness (QED) is 0.651. The van der Waals surface area contributed by atoms with Crippen LogP contribution < -0.4 is 5.32 Å². The molecule has 3 aromatic rings. The van der Waals surface area contributed by atoms with Gasteiger partial charge >= 0.3 is 0 Å². The first-order valence-electron chi connectivity index (χ1n) is 7.62. The average molecular weight is 331 g/mol. The van der Waals surface area contributed by atoms with Gasteiger partial charge in [0.25, 0.3) is 0 Å². The molecule has 3 rings (SSSR count). The summed E-state index contributed by atoms with van der Waals surface area (Å²) in [6.45, 7) is 4.10. The van der Waals surface area contributed by atoms with Crippen LogP contribution in [0.4, 0.5) is 5.69 Å². The summed E-state index contributed by atoms with van der Waals surface area (Å²) in [6, 6.07) is 18.5. The van der Waals surface area contributed by atoms with Gasteiger partial charge in [0.15, 0.2) is 0 Å². The smallest absolute Gasteiger partial charge is 0.136 e. The van der Waals surface area contributed by atoms with Crippen LogP contribution in [0.5, 0.6) is 0 Å². The maximum Gasteiger partial charge on any atom is 0.136 e. The summed E-state index contributed by atoms with van der Waals surface area (Å²) in [5.41, 5.74) is 5.85. The molecule has 118 valence electrons. The molecule has 0 spiro atoms. The molecular weight excluding hydrogens is 314 g/mol. The topological polar surface area (TPSA) is 48.7 Å². The largest absolute Gasteiger partial charge is 0.360 e. The van der Waals surface area contributed by atoms with Crippen molar-refractivity contribution >= 4 is 22.6 Å². The number of hydrogen-bond donors (Lipinski definition) is 1. The fourth-order valence-electron chi connectivity index (χ4n) is 2.20. The predicted octanol–water partition coefficient (Wildman–Crippen LogP) is 5.40. The molecule has 0 saturated carbocycles. The molecule has 0 radical (unpaired) electrons. The Hall–Kier alpha value is -2.90. The number of thiazole rings is 1. The van der Waals surface area contributed by atoms with E-state index >= 15 is 0 Å². The zero-order chi connectivity index (χ0) is 16.9. The molecular formula is C20H17N3S. The summed E-state index contributed by atoms with van der Waals surface area (Å²) >= 11 is 1.48. The van der Waals surface area contributed by atoms with Crippen LogP contribution in [-0.2, 0) is 0 Å². The number of benzene rings is 2. The van der Waals surface area contributed by atoms with E-state index in [0.29, 0.717) is 10.6 Å². The second-order valence-electron chi connectivity index (χ2n) is 5.58. The molecule has 4 heteroatoms. The van der Waals surface area contributed by atoms with E-state index in [2.05, 4.69) is 47.6 Å². The lowest BCUT2D eigenvalue weighted by Crippen LogP contribution is -1.91. The molecule has 1 aromatic heterocycles. The maximum atomic E-state index is 9.43. The van der Waals surface area contributed by atoms with Gasteiger partial charge in [-0.3, -0.25) is 0 Å². The summed E-state index contributed by atoms with van der Waals surface area (Å²) in [5, 5.41) is 15.3. The second-order valence-corrected chi connectivity index (χ2v) is 6.44. The van der Waals surface area contributed by atoms with Crippen molar-refractivity contribution in [1.82, 2.24) is 4.98 Å². The molecule has 0 aliphatic heterocycles. The Morgan fingerprint density at radius 3 is 2.29 bits per heavy atom. The van der Waals surface area contributed by atoms with Crippen molar-refractivity contribution in [3.8, 4) is 17.3 Å². The first-order valence-corrected chi connectivity index (χ1v) is 8.50. The van der Waals surface area contributed by atoms with Gasteiger partial charge in [0.1, 0.15) is 16.6 Å². The summed E-state index contributed by atoms with van der Waals surface area (Å²) in [7, 11) is 0. The van der Waals surface area contributed by atoms with E-state index in [4.69, 9.17) is 0 Å². The van der Waals surface area contributed by atoms with E-state index in [9.17, 15) is 5.26 Å². The van der Waals surface area contributed by atoms with E-state index in [0.717, 1.165) is 16.9 Å². The van der Waals surface area contributed by atoms with Crippen LogP contribution in [0.2, 0.25) is 0 Å². The normalized spacial score (nSPS) is 11.1. The van der Waals surface area contributed by atoms with Crippen molar-refractivity contribution < 1.29 is 0 Å². The zero-order valence-electron chi connectivity index (χ0n) is 13.6. The maximum absolute atomic E-state index is 9.43. The molecule has 0 unspecified atom stereocenters. The van der Waals surface area contributed by atoms with Gasteiger partial charge in [-0.05, 0) is 26.0 Å². The Balaban J connectivity index is 1.81. The molecule has 24 heavy (non-hydrogen) atoms. The van der Waals surface area contributed by atoms with Gasteiger partial charge in [-0.15, -0.1) is 11.3 Å². The lowest BCUT2D eigenvalue weighted by atomic mass is 10.1. The van der Waals surface area contributed by atoms with Gasteiger partial charge < -0.3 is 5.32 Å². The van der Waals surface area contributed by atoms with Crippen LogP contribution in [0.3, 0.4) is 0 Å². The van der Waals surface area contributed by atoms with Crippen LogP contribution >= 0.6 is 11.3 Å². The number of anilines is 1. The van der Waals surface area contributed by atoms with Crippen LogP contribution in [0.15, 0.2) is 60.1 Å². The van der Waals surface area contributed by atoms with Crippen molar-refractivity contribution in [2.45, 2.75) is 13.8 Å². The van der Waals surface area contributed by atoms with Crippen molar-refractivity contribution in [1.29, 1.82) is 5.26 Å². The fourth-order valence-corrected chi connectivity index (χ4v) is 3.00. The minimum Gasteiger partial charge on any atom is -0.360 e. The molecule has 1 heterocycles. The number of hydrogen-bond acceptors (Lipinski definition) is 4. The highest BCUT2D eigenvalue weighted by Crippen LogP contribution is 2.26. The summed E-state index contributed by atoms with van der Waals surface area (Å²) < 4.78 is 0. The molecule has 0 atom stereocenters. The third-order valence-corrected chi connectivity index (χ3v) is 4.51. The summed E-state index contributed by atoms with van der Waals surface area (Å²) in [5.74, 6) is 0. The molecule has 2 aromatic carbocycles. The van der Waals surface area contributed by atoms with Gasteiger partial charge in [-0.2, -0.15) is 5.26 Å². The highest BCUT2D eigenvalue weighted by atomic mass is 32.1. The van der Waals surface area contributed by atoms with Gasteiger partial charge in [-0.1, -0.05) is 47.5 Å². The molecule has 0 amide bonds. The van der Waals surface area contributed by atoms with Crippen LogP contribution in [0, 0.1) is 25.2 Å². The first-order chi connectivity index (χ1) is 11.7. The number of aryl methyl sites for hydroxylation is 2. The number of nitrogens with one attached hydrogen (secondary N) is 1. The highest BCUT2D eigenvalue weighted by Gasteiger charge is 2.08. The van der Waals surface area contributed by atoms with E-state index in [-0.39, 0.29) is 0 Å². The monoisotopic (exact) mass is 331 g/mol. The molecule has 0 fully saturated rings. The minimum atomic E-state index is 0.527. The van der Waals surface area contributed by atoms with E-state index < -0.39 is 0 Å². The summed E-state index contributed by atoms with van der Waals surface area (Å²) in [6.07, 6.45) is 1.71. The SMILES string of the molecule is Cc1ccc(N/C=C(/C#N)c2nc(-c3ccc(C)cc3)cs2)cc1. The van der Waals surface area contributed by atoms with Crippen molar-refractivity contribution in [2.24, 2.45) is 0 Å². The van der Waals surface area contributed by atoms with Gasteiger partial charge in [-0.25, -0.2) is 4.98 Å². The van der Waals surface area contributed by atoms with Crippen molar-refractivity contribution in [2.75, 3.05) is 5.32 Å². The fraction of sp³-hybridized carbons (Fsp3) is 0.100. The third-order valence-electron chi connectivity index (χ3n) is 3.64. The van der Waals surface area contributed by atoms with Crippen LogP contribution in [-0.4, -0.2) is 4.98 Å². The number of allylic oxidation sites excluding steroid dienone is 1. The molecule has 3 nitrogen and oxygen atoms in total. The van der Waals surface area contributed by atoms with Crippen LogP contribution in [0.1, 0.15) is 16.1 Å². The Kier molecular flexibility index (Phi) is 4.74. The molecule has 0 aliphatic rings. The Morgan fingerprint density at radius 2 is 1.67 bits per heavy atom. The number of aromatic nitrogens is 1. The second kappa shape index (κ2) is 7.12. The Bertz CT molecular complexity index is 897. The first kappa shape index (κ1) is 16.0. The molecule has 0 aliphatic carbocycles. The predicted molar refractivity (Wildman–Crippen MR) is 101 cm³/mol. The Labute approximate surface area is 145 Å². The lowest BCUT2D eigenvalue weighted by Gasteiger charge is -2.01. The van der Waals surface area contributed by atoms with E-state index in [1.165, 1.54) is 22.5 Å². The molecule has 1 N–H and O–H groups in total. The molecule has 0 bridgehead atoms. The van der Waals surface area contributed by atoms with E-state index in [1.54, 1.807) is 6.20 Å².